The SMILES string of the molecule is CC(=O)O[C@H]1[C@@H]2[C@]3(O)CO[C@@H]3C[C@H](O)[C@@]2(C)C(=O)[C@H](O)C2=C(C)[C@@H](OC(=O)[C@H](O)[C@@H](C)c3ccco3)C[C@]1(O)C2(C)C. The lowest BCUT2D eigenvalue weighted by Gasteiger charge is -2.66. The van der Waals surface area contributed by atoms with Crippen molar-refractivity contribution in [3.63, 3.8) is 0 Å². The molecule has 1 aromatic heterocycles. The molecule has 232 valence electrons. The highest BCUT2D eigenvalue weighted by Crippen LogP contribution is 2.63. The maximum Gasteiger partial charge on any atom is 0.336 e. The number of rotatable bonds is 5. The summed E-state index contributed by atoms with van der Waals surface area (Å²) in [6, 6.07) is 3.21. The molecular formula is C30H40O12. The van der Waals surface area contributed by atoms with E-state index in [4.69, 9.17) is 18.6 Å². The predicted molar refractivity (Wildman–Crippen MR) is 143 cm³/mol. The van der Waals surface area contributed by atoms with E-state index in [0.29, 0.717) is 5.76 Å². The number of carbonyl (C=O) groups is 3. The Bertz CT molecular complexity index is 1300. The number of ether oxygens (including phenoxy) is 3. The van der Waals surface area contributed by atoms with Crippen LogP contribution in [-0.4, -0.2) is 97.7 Å². The van der Waals surface area contributed by atoms with Crippen molar-refractivity contribution in [2.75, 3.05) is 6.61 Å². The number of aliphatic hydroxyl groups excluding tert-OH is 3. The van der Waals surface area contributed by atoms with Gasteiger partial charge in [0, 0.05) is 31.1 Å². The molecule has 12 heteroatoms. The fourth-order valence-electron chi connectivity index (χ4n) is 7.92. The van der Waals surface area contributed by atoms with Crippen LogP contribution in [0.1, 0.15) is 66.1 Å². The Morgan fingerprint density at radius 2 is 1.81 bits per heavy atom. The molecule has 5 rings (SSSR count). The smallest absolute Gasteiger partial charge is 0.336 e. The van der Waals surface area contributed by atoms with Gasteiger partial charge in [-0.25, -0.2) is 4.79 Å². The highest BCUT2D eigenvalue weighted by Gasteiger charge is 2.76. The van der Waals surface area contributed by atoms with Gasteiger partial charge in [0.1, 0.15) is 35.3 Å². The van der Waals surface area contributed by atoms with Gasteiger partial charge in [-0.05, 0) is 37.1 Å². The zero-order valence-electron chi connectivity index (χ0n) is 24.6. The third kappa shape index (κ3) is 4.06. The number of hydrogen-bond donors (Lipinski definition) is 5. The van der Waals surface area contributed by atoms with Gasteiger partial charge in [-0.3, -0.25) is 9.59 Å². The van der Waals surface area contributed by atoms with Crippen molar-refractivity contribution in [2.45, 2.75) is 108 Å². The fourth-order valence-corrected chi connectivity index (χ4v) is 7.92. The van der Waals surface area contributed by atoms with Crippen molar-refractivity contribution in [3.8, 4) is 0 Å². The molecule has 11 atom stereocenters. The fraction of sp³-hybridized carbons (Fsp3) is 0.700. The normalized spacial score (nSPS) is 42.2. The number of esters is 2. The van der Waals surface area contributed by atoms with Gasteiger partial charge in [-0.15, -0.1) is 0 Å². The van der Waals surface area contributed by atoms with Crippen LogP contribution in [0.2, 0.25) is 0 Å². The van der Waals surface area contributed by atoms with Crippen LogP contribution in [0.15, 0.2) is 34.0 Å². The first-order valence-electron chi connectivity index (χ1n) is 14.2. The molecule has 1 aromatic rings. The van der Waals surface area contributed by atoms with Crippen LogP contribution in [0.25, 0.3) is 0 Å². The zero-order valence-corrected chi connectivity index (χ0v) is 24.6. The van der Waals surface area contributed by atoms with E-state index < -0.39 is 88.2 Å². The Morgan fingerprint density at radius 1 is 1.14 bits per heavy atom. The van der Waals surface area contributed by atoms with Gasteiger partial charge < -0.3 is 44.2 Å². The van der Waals surface area contributed by atoms with Crippen molar-refractivity contribution < 1.29 is 58.5 Å². The molecule has 3 fully saturated rings. The third-order valence-electron chi connectivity index (χ3n) is 10.6. The van der Waals surface area contributed by atoms with E-state index in [1.165, 1.54) is 13.2 Å². The van der Waals surface area contributed by atoms with Crippen LogP contribution in [0, 0.1) is 16.7 Å². The number of Topliss-reactive ketones (excluding diaryl/α,β-unsaturated/α-hetero) is 1. The quantitative estimate of drug-likeness (QED) is 0.236. The molecule has 0 spiro atoms. The largest absolute Gasteiger partial charge is 0.469 e. The first kappa shape index (κ1) is 30.8. The molecule has 4 aliphatic rings. The molecule has 0 radical (unpaired) electrons. The van der Waals surface area contributed by atoms with Crippen LogP contribution in [0.5, 0.6) is 0 Å². The molecule has 0 unspecified atom stereocenters. The molecule has 1 aliphatic heterocycles. The molecule has 42 heavy (non-hydrogen) atoms. The third-order valence-corrected chi connectivity index (χ3v) is 10.6. The van der Waals surface area contributed by atoms with Crippen molar-refractivity contribution >= 4 is 17.7 Å². The van der Waals surface area contributed by atoms with Crippen LogP contribution in [0.4, 0.5) is 0 Å². The van der Waals surface area contributed by atoms with Crippen molar-refractivity contribution in [3.05, 3.63) is 35.3 Å². The molecule has 2 saturated carbocycles. The number of furan rings is 1. The van der Waals surface area contributed by atoms with Crippen LogP contribution >= 0.6 is 0 Å². The maximum absolute atomic E-state index is 14.2. The summed E-state index contributed by atoms with van der Waals surface area (Å²) in [5.74, 6) is -4.51. The second-order valence-electron chi connectivity index (χ2n) is 13.1. The number of hydrogen-bond acceptors (Lipinski definition) is 12. The van der Waals surface area contributed by atoms with E-state index in [1.807, 2.05) is 0 Å². The Kier molecular flexibility index (Phi) is 7.32. The minimum Gasteiger partial charge on any atom is -0.469 e. The average molecular weight is 593 g/mol. The summed E-state index contributed by atoms with van der Waals surface area (Å²) in [5.41, 5.74) is -6.94. The minimum absolute atomic E-state index is 0.0376. The van der Waals surface area contributed by atoms with E-state index in [1.54, 1.807) is 39.8 Å². The second kappa shape index (κ2) is 9.96. The first-order chi connectivity index (χ1) is 19.4. The van der Waals surface area contributed by atoms with Gasteiger partial charge >= 0.3 is 11.9 Å². The summed E-state index contributed by atoms with van der Waals surface area (Å²) in [6.07, 6.45) is -7.78. The highest BCUT2D eigenvalue weighted by molar-refractivity contribution is 5.93. The summed E-state index contributed by atoms with van der Waals surface area (Å²) < 4.78 is 22.3. The maximum atomic E-state index is 14.2. The highest BCUT2D eigenvalue weighted by atomic mass is 16.6. The molecule has 0 amide bonds. The monoisotopic (exact) mass is 592 g/mol. The van der Waals surface area contributed by atoms with Gasteiger partial charge in [0.25, 0.3) is 0 Å². The topological polar surface area (TPSA) is 193 Å². The molecule has 5 N–H and O–H groups in total. The molecule has 2 bridgehead atoms. The number of ketones is 1. The Hall–Kier alpha value is -2.61. The van der Waals surface area contributed by atoms with Gasteiger partial charge in [0.15, 0.2) is 11.9 Å². The average Bonchev–Trinajstić information content (AvgIpc) is 3.45. The number of aliphatic hydroxyl groups is 5. The standard InChI is InChI=1S/C30H40O12/c1-13-17(42-26(36)21(33)14(2)16-8-7-9-39-16)11-30(38)25(41-15(3)31)23-28(6,18(32)10-19-29(23,37)12-40-19)24(35)22(34)20(13)27(30,4)5/h7-9,14,17-19,21-23,25,32-34,37-38H,10-12H2,1-6H3/t14-,17-,18-,19+,21+,22+,23-,25-,28+,29-,30+/m0/s1. The summed E-state index contributed by atoms with van der Waals surface area (Å²) in [5, 5.41) is 58.3. The molecule has 1 saturated heterocycles. The lowest BCUT2D eigenvalue weighted by Crippen LogP contribution is -2.81. The van der Waals surface area contributed by atoms with Crippen molar-refractivity contribution in [1.82, 2.24) is 0 Å². The van der Waals surface area contributed by atoms with Crippen molar-refractivity contribution in [2.24, 2.45) is 16.7 Å². The van der Waals surface area contributed by atoms with Crippen LogP contribution in [0.3, 0.4) is 0 Å². The van der Waals surface area contributed by atoms with Crippen LogP contribution in [-0.2, 0) is 28.6 Å². The summed E-state index contributed by atoms with van der Waals surface area (Å²) in [7, 11) is 0. The molecule has 12 nitrogen and oxygen atoms in total. The van der Waals surface area contributed by atoms with E-state index in [9.17, 15) is 39.9 Å². The van der Waals surface area contributed by atoms with E-state index in [2.05, 4.69) is 0 Å². The predicted octanol–water partition coefficient (Wildman–Crippen LogP) is 0.526. The molecule has 2 heterocycles. The summed E-state index contributed by atoms with van der Waals surface area (Å²) >= 11 is 0. The second-order valence-corrected chi connectivity index (χ2v) is 13.1. The molecular weight excluding hydrogens is 552 g/mol. The van der Waals surface area contributed by atoms with E-state index in [-0.39, 0.29) is 30.6 Å². The lowest BCUT2D eigenvalue weighted by atomic mass is 9.45. The Morgan fingerprint density at radius 3 is 2.36 bits per heavy atom. The minimum atomic E-state index is -2.14. The number of carbonyl (C=O) groups excluding carboxylic acids is 3. The van der Waals surface area contributed by atoms with E-state index in [0.717, 1.165) is 6.92 Å². The van der Waals surface area contributed by atoms with Crippen LogP contribution < -0.4 is 0 Å². The lowest BCUT2D eigenvalue weighted by molar-refractivity contribution is -0.345. The Balaban J connectivity index is 1.65. The Labute approximate surface area is 243 Å². The number of fused-ring (bicyclic) bond motifs is 5. The molecule has 3 aliphatic carbocycles. The van der Waals surface area contributed by atoms with Gasteiger partial charge in [0.05, 0.1) is 36.4 Å². The first-order valence-corrected chi connectivity index (χ1v) is 14.2. The van der Waals surface area contributed by atoms with Gasteiger partial charge in [-0.1, -0.05) is 20.8 Å². The van der Waals surface area contributed by atoms with Crippen molar-refractivity contribution in [1.29, 1.82) is 0 Å². The van der Waals surface area contributed by atoms with Gasteiger partial charge in [0.2, 0.25) is 0 Å². The summed E-state index contributed by atoms with van der Waals surface area (Å²) in [6.45, 7) is 8.54. The van der Waals surface area contributed by atoms with E-state index >= 15 is 0 Å². The molecule has 0 aromatic carbocycles. The van der Waals surface area contributed by atoms with Gasteiger partial charge in [-0.2, -0.15) is 0 Å². The summed E-state index contributed by atoms with van der Waals surface area (Å²) in [4.78, 5) is 40.0. The zero-order chi connectivity index (χ0) is 31.2.